The average Bonchev–Trinajstić information content (AvgIpc) is 3.41. The summed E-state index contributed by atoms with van der Waals surface area (Å²) in [6.45, 7) is 10.1. The van der Waals surface area contributed by atoms with Gasteiger partial charge in [-0.1, -0.05) is 5.16 Å². The summed E-state index contributed by atoms with van der Waals surface area (Å²) < 4.78 is 14.6. The number of morpholine rings is 1. The Bertz CT molecular complexity index is 1320. The first kappa shape index (κ1) is 23.3. The second-order valence-electron chi connectivity index (χ2n) is 8.69. The normalized spacial score (nSPS) is 14.9. The van der Waals surface area contributed by atoms with Gasteiger partial charge in [-0.25, -0.2) is 14.5 Å². The van der Waals surface area contributed by atoms with E-state index < -0.39 is 0 Å². The summed E-state index contributed by atoms with van der Waals surface area (Å²) in [5.74, 6) is 1.36. The number of rotatable bonds is 9. The third-order valence-corrected chi connectivity index (χ3v) is 6.54. The van der Waals surface area contributed by atoms with Gasteiger partial charge < -0.3 is 18.9 Å². The Kier molecular flexibility index (Phi) is 6.91. The van der Waals surface area contributed by atoms with Crippen molar-refractivity contribution in [3.63, 3.8) is 0 Å². The fourth-order valence-corrected chi connectivity index (χ4v) is 4.47. The number of nitrogens with zero attached hydrogens (tertiary/aromatic N) is 7. The highest BCUT2D eigenvalue weighted by molar-refractivity contribution is 5.93. The molecule has 0 bridgehead atoms. The Balaban J connectivity index is 1.28. The van der Waals surface area contributed by atoms with Crippen molar-refractivity contribution in [1.29, 1.82) is 0 Å². The van der Waals surface area contributed by atoms with E-state index in [2.05, 4.69) is 33.6 Å². The highest BCUT2D eigenvalue weighted by atomic mass is 16.6. The maximum Gasteiger partial charge on any atom is 0.192 e. The number of hydrogen-bond acceptors (Lipinski definition) is 8. The van der Waals surface area contributed by atoms with E-state index in [4.69, 9.17) is 24.3 Å². The van der Waals surface area contributed by atoms with E-state index in [-0.39, 0.29) is 6.61 Å². The lowest BCUT2D eigenvalue weighted by atomic mass is 10.2. The lowest BCUT2D eigenvalue weighted by Gasteiger charge is -2.26. The first-order valence-corrected chi connectivity index (χ1v) is 11.9. The Morgan fingerprint density at radius 1 is 1.09 bits per heavy atom. The number of benzene rings is 1. The number of oxime groups is 1. The fraction of sp³-hybridized carbons (Fsp3) is 0.440. The van der Waals surface area contributed by atoms with Crippen molar-refractivity contribution in [3.05, 3.63) is 53.2 Å². The molecule has 0 radical (unpaired) electrons. The zero-order valence-corrected chi connectivity index (χ0v) is 20.5. The van der Waals surface area contributed by atoms with Crippen LogP contribution in [0.5, 0.6) is 5.75 Å². The van der Waals surface area contributed by atoms with Crippen LogP contribution in [0.2, 0.25) is 0 Å². The average molecular weight is 478 g/mol. The molecule has 1 saturated heterocycles. The topological polar surface area (TPSA) is 91.3 Å². The Labute approximate surface area is 204 Å². The molecule has 1 aliphatic rings. The second kappa shape index (κ2) is 10.4. The molecule has 1 fully saturated rings. The van der Waals surface area contributed by atoms with Gasteiger partial charge >= 0.3 is 0 Å². The molecule has 0 N–H and O–H groups in total. The van der Waals surface area contributed by atoms with Crippen molar-refractivity contribution >= 4 is 22.9 Å². The molecule has 184 valence electrons. The molecule has 5 rings (SSSR count). The first-order valence-electron chi connectivity index (χ1n) is 11.9. The third kappa shape index (κ3) is 4.98. The molecule has 10 heteroatoms. The van der Waals surface area contributed by atoms with Crippen molar-refractivity contribution in [3.8, 4) is 5.75 Å². The number of ether oxygens (including phenoxy) is 2. The number of aromatic nitrogens is 5. The van der Waals surface area contributed by atoms with Gasteiger partial charge in [0.05, 0.1) is 31.9 Å². The molecule has 3 aromatic heterocycles. The van der Waals surface area contributed by atoms with Crippen molar-refractivity contribution in [2.45, 2.75) is 33.4 Å². The lowest BCUT2D eigenvalue weighted by Crippen LogP contribution is -2.37. The van der Waals surface area contributed by atoms with E-state index in [1.165, 1.54) is 11.3 Å². The molecule has 0 spiro atoms. The maximum atomic E-state index is 5.45. The van der Waals surface area contributed by atoms with Crippen LogP contribution in [0.3, 0.4) is 0 Å². The Morgan fingerprint density at radius 3 is 2.66 bits per heavy atom. The molecule has 0 atom stereocenters. The number of methoxy groups -OCH3 is 1. The largest absolute Gasteiger partial charge is 0.497 e. The van der Waals surface area contributed by atoms with Gasteiger partial charge in [-0.15, -0.1) is 5.10 Å². The summed E-state index contributed by atoms with van der Waals surface area (Å²) in [7, 11) is 1.64. The van der Waals surface area contributed by atoms with Gasteiger partial charge in [-0.05, 0) is 55.7 Å². The molecular weight excluding hydrogens is 446 g/mol. The summed E-state index contributed by atoms with van der Waals surface area (Å²) >= 11 is 0. The fourth-order valence-electron chi connectivity index (χ4n) is 4.47. The van der Waals surface area contributed by atoms with Crippen LogP contribution in [0, 0.1) is 13.8 Å². The Morgan fingerprint density at radius 2 is 1.89 bits per heavy atom. The molecular formula is C25H31N7O3. The van der Waals surface area contributed by atoms with E-state index in [9.17, 15) is 0 Å². The molecule has 1 aliphatic heterocycles. The summed E-state index contributed by atoms with van der Waals surface area (Å²) in [6.07, 6.45) is 4.45. The van der Waals surface area contributed by atoms with Gasteiger partial charge in [0.25, 0.3) is 0 Å². The zero-order chi connectivity index (χ0) is 24.2. The molecule has 1 aromatic carbocycles. The molecule has 10 nitrogen and oxygen atoms in total. The summed E-state index contributed by atoms with van der Waals surface area (Å²) in [5.41, 5.74) is 5.06. The minimum Gasteiger partial charge on any atom is -0.497 e. The molecule has 35 heavy (non-hydrogen) atoms. The van der Waals surface area contributed by atoms with Gasteiger partial charge in [0.2, 0.25) is 0 Å². The van der Waals surface area contributed by atoms with Crippen molar-refractivity contribution in [2.24, 2.45) is 5.16 Å². The molecule has 0 aliphatic carbocycles. The second-order valence-corrected chi connectivity index (χ2v) is 8.69. The monoisotopic (exact) mass is 477 g/mol. The Hall–Kier alpha value is -3.50. The van der Waals surface area contributed by atoms with Gasteiger partial charge in [-0.3, -0.25) is 4.90 Å². The minimum atomic E-state index is 0.175. The van der Waals surface area contributed by atoms with Gasteiger partial charge in [0, 0.05) is 31.9 Å². The summed E-state index contributed by atoms with van der Waals surface area (Å²) in [4.78, 5) is 17.4. The number of fused-ring (bicyclic) bond motifs is 3. The van der Waals surface area contributed by atoms with Gasteiger partial charge in [0.1, 0.15) is 17.7 Å². The molecule has 0 amide bonds. The molecule has 4 heterocycles. The van der Waals surface area contributed by atoms with Crippen LogP contribution in [0.25, 0.3) is 16.7 Å². The van der Waals surface area contributed by atoms with Crippen LogP contribution >= 0.6 is 0 Å². The molecule has 0 saturated carbocycles. The summed E-state index contributed by atoms with van der Waals surface area (Å²) in [6, 6.07) is 7.58. The van der Waals surface area contributed by atoms with Crippen LogP contribution < -0.4 is 4.74 Å². The van der Waals surface area contributed by atoms with Crippen LogP contribution in [-0.2, 0) is 22.7 Å². The van der Waals surface area contributed by atoms with Crippen molar-refractivity contribution in [1.82, 2.24) is 29.0 Å². The van der Waals surface area contributed by atoms with E-state index >= 15 is 0 Å². The number of hydrogen-bond donors (Lipinski definition) is 0. The summed E-state index contributed by atoms with van der Waals surface area (Å²) in [5, 5.41) is 9.62. The predicted octanol–water partition coefficient (Wildman–Crippen LogP) is 2.98. The van der Waals surface area contributed by atoms with Crippen molar-refractivity contribution in [2.75, 3.05) is 40.0 Å². The van der Waals surface area contributed by atoms with E-state index in [0.717, 1.165) is 73.8 Å². The maximum absolute atomic E-state index is 5.45. The minimum absolute atomic E-state index is 0.175. The van der Waals surface area contributed by atoms with Gasteiger partial charge in [-0.2, -0.15) is 0 Å². The SMILES string of the molecule is COc1ccc(/C=N\OCc2nc3c4c(C)c(C)n(CCCN5CCOCC5)c4ncn3n2)cc1. The van der Waals surface area contributed by atoms with Crippen LogP contribution in [0.15, 0.2) is 35.7 Å². The van der Waals surface area contributed by atoms with Crippen molar-refractivity contribution < 1.29 is 14.3 Å². The first-order chi connectivity index (χ1) is 17.1. The quantitative estimate of drug-likeness (QED) is 0.270. The predicted molar refractivity (Wildman–Crippen MR) is 133 cm³/mol. The van der Waals surface area contributed by atoms with E-state index in [0.29, 0.717) is 5.82 Å². The zero-order valence-electron chi connectivity index (χ0n) is 20.5. The number of aryl methyl sites for hydroxylation is 2. The third-order valence-electron chi connectivity index (χ3n) is 6.54. The smallest absolute Gasteiger partial charge is 0.192 e. The van der Waals surface area contributed by atoms with Crippen LogP contribution in [0.1, 0.15) is 29.1 Å². The van der Waals surface area contributed by atoms with Crippen LogP contribution in [0.4, 0.5) is 0 Å². The molecule has 4 aromatic rings. The van der Waals surface area contributed by atoms with E-state index in [1.54, 1.807) is 24.2 Å². The van der Waals surface area contributed by atoms with E-state index in [1.807, 2.05) is 24.3 Å². The highest BCUT2D eigenvalue weighted by Gasteiger charge is 2.18. The lowest BCUT2D eigenvalue weighted by molar-refractivity contribution is 0.0369. The van der Waals surface area contributed by atoms with Crippen LogP contribution in [-0.4, -0.2) is 75.2 Å². The highest BCUT2D eigenvalue weighted by Crippen LogP contribution is 2.27. The standard InChI is InChI=1S/C25H31N7O3/c1-18-19(2)31(10-4-9-30-11-13-34-14-12-30)24-23(18)25-28-22(29-32(25)17-26-24)16-35-27-15-20-5-7-21(33-3)8-6-20/h5-8,15,17H,4,9-14,16H2,1-3H3/b27-15-. The van der Waals surface area contributed by atoms with Gasteiger partial charge in [0.15, 0.2) is 18.1 Å². The molecule has 0 unspecified atom stereocenters.